The lowest BCUT2D eigenvalue weighted by atomic mass is 10.0. The van der Waals surface area contributed by atoms with E-state index in [1.54, 1.807) is 12.1 Å². The monoisotopic (exact) mass is 247 g/mol. The Morgan fingerprint density at radius 1 is 1.29 bits per heavy atom. The van der Waals surface area contributed by atoms with Crippen LogP contribution in [0.5, 0.6) is 5.75 Å². The van der Waals surface area contributed by atoms with Gasteiger partial charge in [-0.05, 0) is 12.5 Å². The minimum Gasteiger partial charge on any atom is -0.405 e. The number of hydrogen-bond acceptors (Lipinski definition) is 2. The first-order valence-electron chi connectivity index (χ1n) is 5.54. The van der Waals surface area contributed by atoms with Gasteiger partial charge in [-0.25, -0.2) is 0 Å². The lowest BCUT2D eigenvalue weighted by Gasteiger charge is -2.17. The second kappa shape index (κ2) is 5.91. The average Bonchev–Trinajstić information content (AvgIpc) is 2.24. The molecule has 0 aliphatic heterocycles. The second-order valence-corrected chi connectivity index (χ2v) is 3.83. The molecule has 1 aromatic rings. The molecule has 96 valence electrons. The molecule has 17 heavy (non-hydrogen) atoms. The molecular weight excluding hydrogens is 231 g/mol. The van der Waals surface area contributed by atoms with E-state index >= 15 is 0 Å². The smallest absolute Gasteiger partial charge is 0.405 e. The van der Waals surface area contributed by atoms with Crippen molar-refractivity contribution in [3.63, 3.8) is 0 Å². The summed E-state index contributed by atoms with van der Waals surface area (Å²) in [6, 6.07) is 5.59. The Kier molecular flexibility index (Phi) is 4.81. The lowest BCUT2D eigenvalue weighted by Crippen LogP contribution is -2.20. The van der Waals surface area contributed by atoms with Crippen molar-refractivity contribution in [3.8, 4) is 5.75 Å². The van der Waals surface area contributed by atoms with Crippen molar-refractivity contribution in [2.75, 3.05) is 0 Å². The van der Waals surface area contributed by atoms with Crippen LogP contribution in [0.15, 0.2) is 24.3 Å². The van der Waals surface area contributed by atoms with Gasteiger partial charge >= 0.3 is 6.36 Å². The Morgan fingerprint density at radius 2 is 1.94 bits per heavy atom. The van der Waals surface area contributed by atoms with Gasteiger partial charge in [0.2, 0.25) is 0 Å². The molecule has 1 aromatic carbocycles. The highest BCUT2D eigenvalue weighted by Crippen LogP contribution is 2.31. The Morgan fingerprint density at radius 3 is 2.53 bits per heavy atom. The Balaban J connectivity index is 2.83. The van der Waals surface area contributed by atoms with Gasteiger partial charge in [0.05, 0.1) is 0 Å². The molecule has 0 aromatic heterocycles. The first-order valence-corrected chi connectivity index (χ1v) is 5.54. The predicted octanol–water partition coefficient (Wildman–Crippen LogP) is 3.78. The first-order chi connectivity index (χ1) is 7.94. The van der Waals surface area contributed by atoms with E-state index in [0.717, 1.165) is 12.8 Å². The standard InChI is InChI=1S/C12H16F3NO/c1-2-3-7-10(16)9-6-4-5-8-11(9)17-12(13,14)15/h4-6,8,10H,2-3,7,16H2,1H3. The highest BCUT2D eigenvalue weighted by molar-refractivity contribution is 5.35. The van der Waals surface area contributed by atoms with Crippen LogP contribution in [-0.4, -0.2) is 6.36 Å². The molecule has 0 aliphatic carbocycles. The fourth-order valence-corrected chi connectivity index (χ4v) is 1.58. The zero-order valence-electron chi connectivity index (χ0n) is 9.63. The average molecular weight is 247 g/mol. The van der Waals surface area contributed by atoms with E-state index in [2.05, 4.69) is 4.74 Å². The fourth-order valence-electron chi connectivity index (χ4n) is 1.58. The molecule has 0 amide bonds. The number of ether oxygens (including phenoxy) is 1. The van der Waals surface area contributed by atoms with E-state index in [9.17, 15) is 13.2 Å². The number of unbranched alkanes of at least 4 members (excludes halogenated alkanes) is 1. The zero-order chi connectivity index (χ0) is 12.9. The quantitative estimate of drug-likeness (QED) is 0.859. The normalized spacial score (nSPS) is 13.5. The number of alkyl halides is 3. The summed E-state index contributed by atoms with van der Waals surface area (Å²) in [5, 5.41) is 0. The molecule has 0 fully saturated rings. The molecule has 0 saturated carbocycles. The molecule has 1 unspecified atom stereocenters. The predicted molar refractivity (Wildman–Crippen MR) is 59.6 cm³/mol. The largest absolute Gasteiger partial charge is 0.573 e. The van der Waals surface area contributed by atoms with E-state index in [1.807, 2.05) is 6.92 Å². The summed E-state index contributed by atoms with van der Waals surface area (Å²) >= 11 is 0. The molecule has 0 spiro atoms. The maximum atomic E-state index is 12.2. The Bertz CT molecular complexity index is 352. The van der Waals surface area contributed by atoms with Crippen LogP contribution in [-0.2, 0) is 0 Å². The lowest BCUT2D eigenvalue weighted by molar-refractivity contribution is -0.275. The number of benzene rings is 1. The zero-order valence-corrected chi connectivity index (χ0v) is 9.63. The summed E-state index contributed by atoms with van der Waals surface area (Å²) < 4.78 is 40.5. The van der Waals surface area contributed by atoms with E-state index in [0.29, 0.717) is 12.0 Å². The third-order valence-corrected chi connectivity index (χ3v) is 2.41. The van der Waals surface area contributed by atoms with Gasteiger partial charge in [-0.3, -0.25) is 0 Å². The molecule has 0 bridgehead atoms. The van der Waals surface area contributed by atoms with Crippen molar-refractivity contribution >= 4 is 0 Å². The van der Waals surface area contributed by atoms with Crippen molar-refractivity contribution in [3.05, 3.63) is 29.8 Å². The molecule has 2 N–H and O–H groups in total. The van der Waals surface area contributed by atoms with Crippen LogP contribution in [0.25, 0.3) is 0 Å². The fraction of sp³-hybridized carbons (Fsp3) is 0.500. The summed E-state index contributed by atoms with van der Waals surface area (Å²) in [6.07, 6.45) is -2.20. The van der Waals surface area contributed by atoms with E-state index < -0.39 is 12.4 Å². The minimum absolute atomic E-state index is 0.205. The van der Waals surface area contributed by atoms with Crippen LogP contribution in [0.3, 0.4) is 0 Å². The van der Waals surface area contributed by atoms with Crippen LogP contribution >= 0.6 is 0 Å². The summed E-state index contributed by atoms with van der Waals surface area (Å²) in [4.78, 5) is 0. The summed E-state index contributed by atoms with van der Waals surface area (Å²) in [5.74, 6) is -0.205. The van der Waals surface area contributed by atoms with Crippen LogP contribution in [0.2, 0.25) is 0 Å². The van der Waals surface area contributed by atoms with Crippen LogP contribution in [0.4, 0.5) is 13.2 Å². The van der Waals surface area contributed by atoms with Crippen LogP contribution < -0.4 is 10.5 Å². The maximum Gasteiger partial charge on any atom is 0.573 e. The van der Waals surface area contributed by atoms with Crippen molar-refractivity contribution in [2.45, 2.75) is 38.6 Å². The number of nitrogens with two attached hydrogens (primary N) is 1. The van der Waals surface area contributed by atoms with Gasteiger partial charge in [-0.2, -0.15) is 0 Å². The van der Waals surface area contributed by atoms with Gasteiger partial charge in [-0.15, -0.1) is 13.2 Å². The molecule has 0 saturated heterocycles. The Labute approximate surface area is 98.6 Å². The maximum absolute atomic E-state index is 12.2. The SMILES string of the molecule is CCCCC(N)c1ccccc1OC(F)(F)F. The molecule has 0 radical (unpaired) electrons. The van der Waals surface area contributed by atoms with Gasteiger partial charge in [0.15, 0.2) is 0 Å². The number of halogens is 3. The third-order valence-electron chi connectivity index (χ3n) is 2.41. The number of hydrogen-bond donors (Lipinski definition) is 1. The molecule has 0 aliphatic rings. The van der Waals surface area contributed by atoms with Crippen molar-refractivity contribution < 1.29 is 17.9 Å². The van der Waals surface area contributed by atoms with E-state index in [1.165, 1.54) is 12.1 Å². The van der Waals surface area contributed by atoms with Crippen molar-refractivity contribution in [2.24, 2.45) is 5.73 Å². The summed E-state index contributed by atoms with van der Waals surface area (Å²) in [7, 11) is 0. The van der Waals surface area contributed by atoms with Gasteiger partial charge in [0.25, 0.3) is 0 Å². The number of para-hydroxylation sites is 1. The van der Waals surface area contributed by atoms with E-state index in [-0.39, 0.29) is 5.75 Å². The van der Waals surface area contributed by atoms with Gasteiger partial charge in [0, 0.05) is 11.6 Å². The van der Waals surface area contributed by atoms with Gasteiger partial charge < -0.3 is 10.5 Å². The summed E-state index contributed by atoms with van der Waals surface area (Å²) in [6.45, 7) is 2.00. The molecule has 5 heteroatoms. The molecule has 1 rings (SSSR count). The van der Waals surface area contributed by atoms with Gasteiger partial charge in [-0.1, -0.05) is 38.0 Å². The summed E-state index contributed by atoms with van der Waals surface area (Å²) in [5.41, 5.74) is 6.25. The molecular formula is C12H16F3NO. The first kappa shape index (κ1) is 13.8. The van der Waals surface area contributed by atoms with Crippen LogP contribution in [0.1, 0.15) is 37.8 Å². The Hall–Kier alpha value is -1.23. The van der Waals surface area contributed by atoms with Crippen molar-refractivity contribution in [1.82, 2.24) is 0 Å². The van der Waals surface area contributed by atoms with Crippen molar-refractivity contribution in [1.29, 1.82) is 0 Å². The minimum atomic E-state index is -4.68. The van der Waals surface area contributed by atoms with Gasteiger partial charge in [0.1, 0.15) is 5.75 Å². The van der Waals surface area contributed by atoms with E-state index in [4.69, 9.17) is 5.73 Å². The number of rotatable bonds is 5. The third kappa shape index (κ3) is 4.65. The highest BCUT2D eigenvalue weighted by Gasteiger charge is 2.32. The van der Waals surface area contributed by atoms with Crippen LogP contribution in [0, 0.1) is 0 Å². The molecule has 0 heterocycles. The molecule has 1 atom stereocenters. The topological polar surface area (TPSA) is 35.2 Å². The molecule has 2 nitrogen and oxygen atoms in total. The second-order valence-electron chi connectivity index (χ2n) is 3.83. The highest BCUT2D eigenvalue weighted by atomic mass is 19.4.